The van der Waals surface area contributed by atoms with E-state index in [1.54, 1.807) is 0 Å². The van der Waals surface area contributed by atoms with Gasteiger partial charge < -0.3 is 15.0 Å². The first-order valence-electron chi connectivity index (χ1n) is 8.76. The van der Waals surface area contributed by atoms with Crippen molar-refractivity contribution in [2.24, 2.45) is 5.92 Å². The van der Waals surface area contributed by atoms with Gasteiger partial charge in [0.15, 0.2) is 0 Å². The highest BCUT2D eigenvalue weighted by atomic mass is 79.9. The number of carbonyl (C=O) groups excluding carboxylic acids is 1. The Bertz CT molecular complexity index is 542. The van der Waals surface area contributed by atoms with Crippen molar-refractivity contribution in [2.45, 2.75) is 45.6 Å². The second-order valence-electron chi connectivity index (χ2n) is 7.52. The summed E-state index contributed by atoms with van der Waals surface area (Å²) in [6.07, 6.45) is 3.06. The molecule has 1 aliphatic heterocycles. The first-order chi connectivity index (χ1) is 11.3. The van der Waals surface area contributed by atoms with Gasteiger partial charge in [-0.15, -0.1) is 0 Å². The topological polar surface area (TPSA) is 41.6 Å². The van der Waals surface area contributed by atoms with Crippen molar-refractivity contribution in [1.29, 1.82) is 0 Å². The number of hydrogen-bond donors (Lipinski definition) is 1. The van der Waals surface area contributed by atoms with Gasteiger partial charge in [-0.05, 0) is 76.7 Å². The Labute approximate surface area is 154 Å². The van der Waals surface area contributed by atoms with E-state index in [1.165, 1.54) is 12.0 Å². The van der Waals surface area contributed by atoms with Crippen LogP contribution in [0.25, 0.3) is 0 Å². The fraction of sp³-hybridized carbons (Fsp3) is 0.632. The van der Waals surface area contributed by atoms with Crippen LogP contribution in [0.5, 0.6) is 0 Å². The van der Waals surface area contributed by atoms with E-state index in [4.69, 9.17) is 4.74 Å². The van der Waals surface area contributed by atoms with E-state index in [-0.39, 0.29) is 6.09 Å². The lowest BCUT2D eigenvalue weighted by molar-refractivity contribution is 0.0166. The molecule has 0 saturated carbocycles. The number of amides is 1. The number of piperidine rings is 1. The summed E-state index contributed by atoms with van der Waals surface area (Å²) in [6, 6.07) is 8.42. The Kier molecular flexibility index (Phi) is 7.11. The quantitative estimate of drug-likeness (QED) is 0.757. The molecule has 0 unspecified atom stereocenters. The summed E-state index contributed by atoms with van der Waals surface area (Å²) in [5.74, 6) is 0.508. The van der Waals surface area contributed by atoms with Gasteiger partial charge in [0.05, 0.1) is 0 Å². The lowest BCUT2D eigenvalue weighted by Crippen LogP contribution is -2.45. The number of nitrogens with one attached hydrogen (secondary N) is 1. The van der Waals surface area contributed by atoms with Gasteiger partial charge in [-0.2, -0.15) is 0 Å². The number of ether oxygens (including phenoxy) is 1. The van der Waals surface area contributed by atoms with E-state index in [0.717, 1.165) is 43.5 Å². The predicted octanol–water partition coefficient (Wildman–Crippen LogP) is 4.23. The maximum atomic E-state index is 12.2. The van der Waals surface area contributed by atoms with Crippen LogP contribution in [-0.4, -0.2) is 42.8 Å². The van der Waals surface area contributed by atoms with Crippen molar-refractivity contribution in [1.82, 2.24) is 10.2 Å². The lowest BCUT2D eigenvalue weighted by Gasteiger charge is -2.34. The molecule has 5 heteroatoms. The Morgan fingerprint density at radius 3 is 2.92 bits per heavy atom. The maximum absolute atomic E-state index is 12.2. The number of likely N-dealkylation sites (tertiary alicyclic amines) is 1. The average Bonchev–Trinajstić information content (AvgIpc) is 2.50. The van der Waals surface area contributed by atoms with E-state index in [9.17, 15) is 4.79 Å². The van der Waals surface area contributed by atoms with Gasteiger partial charge in [-0.1, -0.05) is 28.1 Å². The van der Waals surface area contributed by atoms with Gasteiger partial charge >= 0.3 is 6.09 Å². The second-order valence-corrected chi connectivity index (χ2v) is 8.43. The smallest absolute Gasteiger partial charge is 0.410 e. The second kappa shape index (κ2) is 8.86. The monoisotopic (exact) mass is 396 g/mol. The van der Waals surface area contributed by atoms with Crippen molar-refractivity contribution in [3.8, 4) is 0 Å². The highest BCUT2D eigenvalue weighted by molar-refractivity contribution is 9.10. The van der Waals surface area contributed by atoms with Crippen LogP contribution >= 0.6 is 15.9 Å². The molecule has 1 fully saturated rings. The number of nitrogens with zero attached hydrogens (tertiary/aromatic N) is 1. The zero-order valence-electron chi connectivity index (χ0n) is 15.0. The van der Waals surface area contributed by atoms with E-state index in [2.05, 4.69) is 39.4 Å². The summed E-state index contributed by atoms with van der Waals surface area (Å²) in [4.78, 5) is 14.0. The molecule has 0 spiro atoms. The summed E-state index contributed by atoms with van der Waals surface area (Å²) < 4.78 is 6.61. The van der Waals surface area contributed by atoms with Crippen LogP contribution in [0.4, 0.5) is 4.79 Å². The van der Waals surface area contributed by atoms with Crippen LogP contribution in [0.2, 0.25) is 0 Å². The number of hydrogen-bond acceptors (Lipinski definition) is 3. The minimum absolute atomic E-state index is 0.179. The minimum Gasteiger partial charge on any atom is -0.444 e. The lowest BCUT2D eigenvalue weighted by atomic mass is 9.98. The van der Waals surface area contributed by atoms with Gasteiger partial charge in [0, 0.05) is 17.6 Å². The van der Waals surface area contributed by atoms with Crippen LogP contribution in [0.1, 0.15) is 39.2 Å². The first-order valence-corrected chi connectivity index (χ1v) is 9.56. The van der Waals surface area contributed by atoms with E-state index < -0.39 is 5.60 Å². The molecule has 1 atom stereocenters. The molecule has 4 nitrogen and oxygen atoms in total. The van der Waals surface area contributed by atoms with Gasteiger partial charge in [0.1, 0.15) is 5.60 Å². The largest absolute Gasteiger partial charge is 0.444 e. The molecule has 2 rings (SSSR count). The zero-order chi connectivity index (χ0) is 17.6. The number of benzene rings is 1. The van der Waals surface area contributed by atoms with E-state index in [0.29, 0.717) is 5.92 Å². The number of rotatable bonds is 5. The third-order valence-corrected chi connectivity index (χ3v) is 4.58. The molecule has 24 heavy (non-hydrogen) atoms. The Hall–Kier alpha value is -1.07. The standard InChI is InChI=1S/C19H29BrN2O2/c1-19(2,3)24-18(23)22-11-5-7-16(14-22)13-21-10-9-15-6-4-8-17(20)12-15/h4,6,8,12,16,21H,5,7,9-11,13-14H2,1-3H3/t16-/m1/s1. The van der Waals surface area contributed by atoms with Crippen LogP contribution in [0.3, 0.4) is 0 Å². The molecular formula is C19H29BrN2O2. The molecule has 0 bridgehead atoms. The van der Waals surface area contributed by atoms with Gasteiger partial charge in [0.2, 0.25) is 0 Å². The summed E-state index contributed by atoms with van der Waals surface area (Å²) in [5.41, 5.74) is 0.905. The molecule has 1 aromatic rings. The van der Waals surface area contributed by atoms with Crippen molar-refractivity contribution in [3.63, 3.8) is 0 Å². The normalized spacial score (nSPS) is 18.5. The molecule has 1 N–H and O–H groups in total. The SMILES string of the molecule is CC(C)(C)OC(=O)N1CCC[C@H](CNCCc2cccc(Br)c2)C1. The van der Waals surface area contributed by atoms with Gasteiger partial charge in [0.25, 0.3) is 0 Å². The highest BCUT2D eigenvalue weighted by Crippen LogP contribution is 2.19. The fourth-order valence-electron chi connectivity index (χ4n) is 2.96. The predicted molar refractivity (Wildman–Crippen MR) is 101 cm³/mol. The molecule has 0 aromatic heterocycles. The van der Waals surface area contributed by atoms with Crippen molar-refractivity contribution < 1.29 is 9.53 Å². The van der Waals surface area contributed by atoms with Crippen LogP contribution in [0.15, 0.2) is 28.7 Å². The summed E-state index contributed by atoms with van der Waals surface area (Å²) >= 11 is 3.50. The number of carbonyl (C=O) groups is 1. The molecule has 1 saturated heterocycles. The van der Waals surface area contributed by atoms with Gasteiger partial charge in [-0.25, -0.2) is 4.79 Å². The van der Waals surface area contributed by atoms with Crippen LogP contribution < -0.4 is 5.32 Å². The molecule has 1 amide bonds. The molecule has 1 aromatic carbocycles. The molecule has 1 aliphatic rings. The number of halogens is 1. The summed E-state index contributed by atoms with van der Waals surface area (Å²) in [5, 5.41) is 3.54. The van der Waals surface area contributed by atoms with Crippen LogP contribution in [0, 0.1) is 5.92 Å². The Balaban J connectivity index is 1.70. The highest BCUT2D eigenvalue weighted by Gasteiger charge is 2.27. The first kappa shape index (κ1) is 19.3. The van der Waals surface area contributed by atoms with Gasteiger partial charge in [-0.3, -0.25) is 0 Å². The third kappa shape index (κ3) is 6.81. The Morgan fingerprint density at radius 1 is 1.42 bits per heavy atom. The maximum Gasteiger partial charge on any atom is 0.410 e. The van der Waals surface area contributed by atoms with Crippen molar-refractivity contribution in [3.05, 3.63) is 34.3 Å². The Morgan fingerprint density at radius 2 is 2.21 bits per heavy atom. The molecule has 134 valence electrons. The zero-order valence-corrected chi connectivity index (χ0v) is 16.6. The molecule has 0 aliphatic carbocycles. The van der Waals surface area contributed by atoms with Crippen molar-refractivity contribution >= 4 is 22.0 Å². The van der Waals surface area contributed by atoms with E-state index >= 15 is 0 Å². The molecule has 1 heterocycles. The third-order valence-electron chi connectivity index (χ3n) is 4.08. The minimum atomic E-state index is -0.424. The molecule has 0 radical (unpaired) electrons. The van der Waals surface area contributed by atoms with Crippen LogP contribution in [-0.2, 0) is 11.2 Å². The summed E-state index contributed by atoms with van der Waals surface area (Å²) in [6.45, 7) is 9.25. The summed E-state index contributed by atoms with van der Waals surface area (Å²) in [7, 11) is 0. The van der Waals surface area contributed by atoms with Crippen molar-refractivity contribution in [2.75, 3.05) is 26.2 Å². The fourth-order valence-corrected chi connectivity index (χ4v) is 3.40. The molecular weight excluding hydrogens is 368 g/mol. The average molecular weight is 397 g/mol. The van der Waals surface area contributed by atoms with E-state index in [1.807, 2.05) is 31.7 Å².